The highest BCUT2D eigenvalue weighted by atomic mass is 35.5. The standard InChI is InChI=1S/C20H20ClNO5/c1-13(20(25)22-16-5-3-4-6-18(16)26-2)27-19(24)12-11-17(23)14-7-9-15(21)10-8-14/h3-10,13H,11-12H2,1-2H3,(H,22,25)/t13-/m0/s1. The van der Waals surface area contributed by atoms with E-state index in [1.54, 1.807) is 48.5 Å². The van der Waals surface area contributed by atoms with Crippen molar-refractivity contribution >= 4 is 34.9 Å². The first kappa shape index (κ1) is 20.5. The molecule has 0 unspecified atom stereocenters. The van der Waals surface area contributed by atoms with Crippen molar-refractivity contribution in [3.05, 3.63) is 59.1 Å². The maximum Gasteiger partial charge on any atom is 0.307 e. The highest BCUT2D eigenvalue weighted by Crippen LogP contribution is 2.23. The summed E-state index contributed by atoms with van der Waals surface area (Å²) in [6, 6.07) is 13.3. The number of esters is 1. The summed E-state index contributed by atoms with van der Waals surface area (Å²) in [6.07, 6.45) is -1.14. The SMILES string of the molecule is COc1ccccc1NC(=O)[C@H](C)OC(=O)CCC(=O)c1ccc(Cl)cc1. The maximum absolute atomic E-state index is 12.2. The first-order valence-electron chi connectivity index (χ1n) is 8.33. The molecule has 0 aromatic heterocycles. The number of methoxy groups -OCH3 is 1. The lowest BCUT2D eigenvalue weighted by Crippen LogP contribution is -2.30. The van der Waals surface area contributed by atoms with Crippen LogP contribution in [-0.4, -0.2) is 30.9 Å². The first-order chi connectivity index (χ1) is 12.9. The Bertz CT molecular complexity index is 819. The Balaban J connectivity index is 1.83. The van der Waals surface area contributed by atoms with Crippen LogP contribution in [0.2, 0.25) is 5.02 Å². The summed E-state index contributed by atoms with van der Waals surface area (Å²) >= 11 is 5.78. The summed E-state index contributed by atoms with van der Waals surface area (Å²) in [5.41, 5.74) is 0.944. The van der Waals surface area contributed by atoms with E-state index in [2.05, 4.69) is 5.32 Å². The zero-order valence-corrected chi connectivity index (χ0v) is 15.8. The normalized spacial score (nSPS) is 11.4. The predicted octanol–water partition coefficient (Wildman–Crippen LogP) is 3.88. The quantitative estimate of drug-likeness (QED) is 0.547. The van der Waals surface area contributed by atoms with Gasteiger partial charge in [-0.1, -0.05) is 23.7 Å². The van der Waals surface area contributed by atoms with Crippen LogP contribution in [-0.2, 0) is 14.3 Å². The van der Waals surface area contributed by atoms with Crippen LogP contribution in [0.3, 0.4) is 0 Å². The number of anilines is 1. The Hall–Kier alpha value is -2.86. The highest BCUT2D eigenvalue weighted by Gasteiger charge is 2.20. The number of Topliss-reactive ketones (excluding diaryl/α,β-unsaturated/α-hetero) is 1. The molecular weight excluding hydrogens is 370 g/mol. The topological polar surface area (TPSA) is 81.7 Å². The number of nitrogens with one attached hydrogen (secondary N) is 1. The van der Waals surface area contributed by atoms with Gasteiger partial charge in [-0.25, -0.2) is 0 Å². The average molecular weight is 390 g/mol. The van der Waals surface area contributed by atoms with Crippen molar-refractivity contribution in [1.29, 1.82) is 0 Å². The molecule has 0 bridgehead atoms. The van der Waals surface area contributed by atoms with Gasteiger partial charge in [-0.2, -0.15) is 0 Å². The largest absolute Gasteiger partial charge is 0.495 e. The molecule has 2 aromatic rings. The van der Waals surface area contributed by atoms with Gasteiger partial charge in [0, 0.05) is 17.0 Å². The molecule has 0 spiro atoms. The van der Waals surface area contributed by atoms with Gasteiger partial charge in [-0.05, 0) is 43.3 Å². The average Bonchev–Trinajstić information content (AvgIpc) is 2.67. The summed E-state index contributed by atoms with van der Waals surface area (Å²) < 4.78 is 10.3. The lowest BCUT2D eigenvalue weighted by Gasteiger charge is -2.15. The Morgan fingerprint density at radius 2 is 1.70 bits per heavy atom. The lowest BCUT2D eigenvalue weighted by atomic mass is 10.1. The smallest absolute Gasteiger partial charge is 0.307 e. The molecule has 2 aromatic carbocycles. The second kappa shape index (κ2) is 9.73. The number of carbonyl (C=O) groups excluding carboxylic acids is 3. The van der Waals surface area contributed by atoms with Crippen LogP contribution >= 0.6 is 11.6 Å². The number of amides is 1. The Labute approximate surface area is 162 Å². The number of hydrogen-bond donors (Lipinski definition) is 1. The van der Waals surface area contributed by atoms with Crippen molar-refractivity contribution in [2.45, 2.75) is 25.9 Å². The van der Waals surface area contributed by atoms with E-state index in [9.17, 15) is 14.4 Å². The summed E-state index contributed by atoms with van der Waals surface area (Å²) in [5.74, 6) is -0.815. The fraction of sp³-hybridized carbons (Fsp3) is 0.250. The highest BCUT2D eigenvalue weighted by molar-refractivity contribution is 6.30. The van der Waals surface area contributed by atoms with Gasteiger partial charge in [-0.3, -0.25) is 14.4 Å². The predicted molar refractivity (Wildman–Crippen MR) is 102 cm³/mol. The van der Waals surface area contributed by atoms with E-state index in [0.717, 1.165) is 0 Å². The number of ether oxygens (including phenoxy) is 2. The molecule has 7 heteroatoms. The van der Waals surface area contributed by atoms with Crippen LogP contribution in [0.1, 0.15) is 30.1 Å². The van der Waals surface area contributed by atoms with Crippen molar-refractivity contribution in [3.8, 4) is 5.75 Å². The molecule has 0 radical (unpaired) electrons. The molecule has 2 rings (SSSR count). The molecule has 0 aliphatic heterocycles. The van der Waals surface area contributed by atoms with Crippen molar-refractivity contribution in [2.24, 2.45) is 0 Å². The molecule has 27 heavy (non-hydrogen) atoms. The third-order valence-corrected chi connectivity index (χ3v) is 4.02. The van der Waals surface area contributed by atoms with Gasteiger partial charge < -0.3 is 14.8 Å². The number of ketones is 1. The van der Waals surface area contributed by atoms with Crippen molar-refractivity contribution in [1.82, 2.24) is 0 Å². The van der Waals surface area contributed by atoms with Crippen LogP contribution in [0.15, 0.2) is 48.5 Å². The number of carbonyl (C=O) groups is 3. The molecule has 0 saturated carbocycles. The summed E-state index contributed by atoms with van der Waals surface area (Å²) in [5, 5.41) is 3.17. The van der Waals surface area contributed by atoms with Gasteiger partial charge in [0.1, 0.15) is 5.75 Å². The molecule has 1 N–H and O–H groups in total. The van der Waals surface area contributed by atoms with Crippen molar-refractivity contribution in [2.75, 3.05) is 12.4 Å². The van der Waals surface area contributed by atoms with E-state index in [1.165, 1.54) is 14.0 Å². The molecule has 0 aliphatic rings. The van der Waals surface area contributed by atoms with E-state index in [-0.39, 0.29) is 18.6 Å². The lowest BCUT2D eigenvalue weighted by molar-refractivity contribution is -0.153. The van der Waals surface area contributed by atoms with Crippen LogP contribution in [0.25, 0.3) is 0 Å². The van der Waals surface area contributed by atoms with Crippen LogP contribution in [0, 0.1) is 0 Å². The fourth-order valence-electron chi connectivity index (χ4n) is 2.29. The Morgan fingerprint density at radius 3 is 2.37 bits per heavy atom. The van der Waals surface area contributed by atoms with Gasteiger partial charge in [-0.15, -0.1) is 0 Å². The summed E-state index contributed by atoms with van der Waals surface area (Å²) in [7, 11) is 1.49. The molecule has 0 saturated heterocycles. The number of rotatable bonds is 8. The number of para-hydroxylation sites is 2. The molecule has 0 fully saturated rings. The monoisotopic (exact) mass is 389 g/mol. The van der Waals surface area contributed by atoms with Gasteiger partial charge in [0.15, 0.2) is 11.9 Å². The minimum Gasteiger partial charge on any atom is -0.495 e. The molecule has 6 nitrogen and oxygen atoms in total. The molecule has 0 aliphatic carbocycles. The maximum atomic E-state index is 12.2. The van der Waals surface area contributed by atoms with E-state index in [0.29, 0.717) is 22.0 Å². The molecule has 142 valence electrons. The van der Waals surface area contributed by atoms with E-state index in [1.807, 2.05) is 0 Å². The zero-order chi connectivity index (χ0) is 19.8. The molecule has 1 amide bonds. The minimum absolute atomic E-state index is 0.0126. The van der Waals surface area contributed by atoms with E-state index < -0.39 is 18.0 Å². The van der Waals surface area contributed by atoms with Gasteiger partial charge in [0.05, 0.1) is 19.2 Å². The second-order valence-electron chi connectivity index (χ2n) is 5.75. The third-order valence-electron chi connectivity index (χ3n) is 3.76. The first-order valence-corrected chi connectivity index (χ1v) is 8.70. The van der Waals surface area contributed by atoms with Crippen LogP contribution in [0.4, 0.5) is 5.69 Å². The summed E-state index contributed by atoms with van der Waals surface area (Å²) in [6.45, 7) is 1.46. The van der Waals surface area contributed by atoms with Crippen LogP contribution < -0.4 is 10.1 Å². The Morgan fingerprint density at radius 1 is 1.04 bits per heavy atom. The second-order valence-corrected chi connectivity index (χ2v) is 6.19. The van der Waals surface area contributed by atoms with Gasteiger partial charge >= 0.3 is 5.97 Å². The van der Waals surface area contributed by atoms with E-state index in [4.69, 9.17) is 21.1 Å². The Kier molecular flexibility index (Phi) is 7.37. The van der Waals surface area contributed by atoms with Crippen LogP contribution in [0.5, 0.6) is 5.75 Å². The van der Waals surface area contributed by atoms with Gasteiger partial charge in [0.2, 0.25) is 0 Å². The van der Waals surface area contributed by atoms with Gasteiger partial charge in [0.25, 0.3) is 5.91 Å². The third kappa shape index (κ3) is 6.11. The number of halogens is 1. The van der Waals surface area contributed by atoms with Crippen molar-refractivity contribution in [3.63, 3.8) is 0 Å². The minimum atomic E-state index is -1.01. The zero-order valence-electron chi connectivity index (χ0n) is 15.0. The molecular formula is C20H20ClNO5. The molecule has 0 heterocycles. The molecule has 1 atom stereocenters. The fourth-order valence-corrected chi connectivity index (χ4v) is 2.41. The van der Waals surface area contributed by atoms with Crippen molar-refractivity contribution < 1.29 is 23.9 Å². The number of hydrogen-bond acceptors (Lipinski definition) is 5. The summed E-state index contributed by atoms with van der Waals surface area (Å²) in [4.78, 5) is 36.2. The van der Waals surface area contributed by atoms with E-state index >= 15 is 0 Å². The number of benzene rings is 2.